The van der Waals surface area contributed by atoms with E-state index >= 15 is 0 Å². The van der Waals surface area contributed by atoms with E-state index in [4.69, 9.17) is 16.6 Å². The second kappa shape index (κ2) is 8.24. The maximum absolute atomic E-state index is 13.0. The fourth-order valence-electron chi connectivity index (χ4n) is 3.06. The summed E-state index contributed by atoms with van der Waals surface area (Å²) in [4.78, 5) is 24.7. The first-order chi connectivity index (χ1) is 15.1. The Morgan fingerprint density at radius 1 is 1.09 bits per heavy atom. The number of thiocarbonyl (C=S) groups is 1. The summed E-state index contributed by atoms with van der Waals surface area (Å²) < 4.78 is 44.8. The van der Waals surface area contributed by atoms with E-state index in [1.807, 2.05) is 0 Å². The van der Waals surface area contributed by atoms with Gasteiger partial charge in [0.2, 0.25) is 0 Å². The first kappa shape index (κ1) is 21.8. The molecule has 1 aromatic heterocycles. The Bertz CT molecular complexity index is 1280. The molecule has 0 spiro atoms. The summed E-state index contributed by atoms with van der Waals surface area (Å²) in [7, 11) is 0. The fraction of sp³-hybridized carbons (Fsp3) is 0.0476. The van der Waals surface area contributed by atoms with Gasteiger partial charge in [0.1, 0.15) is 11.5 Å². The summed E-state index contributed by atoms with van der Waals surface area (Å²) in [5.74, 6) is -0.123. The second-order valence-electron chi connectivity index (χ2n) is 6.54. The Labute approximate surface area is 188 Å². The molecule has 1 aliphatic rings. The molecule has 2 heterocycles. The number of carbonyl (C=O) groups is 1. The standard InChI is InChI=1S/C21H11F3N2O4S2/c22-21(23,24)12-4-3-5-13(10-12)25-19(27)18(32-20(25)31)11-14-8-9-17(30-14)15-6-1-2-7-16(15)26(28)29/h1-11H/b18-11+. The lowest BCUT2D eigenvalue weighted by atomic mass is 10.1. The summed E-state index contributed by atoms with van der Waals surface area (Å²) in [6, 6.07) is 13.4. The molecule has 1 aliphatic heterocycles. The van der Waals surface area contributed by atoms with Crippen molar-refractivity contribution in [2.45, 2.75) is 6.18 Å². The molecule has 0 saturated carbocycles. The molecule has 0 N–H and O–H groups in total. The monoisotopic (exact) mass is 476 g/mol. The van der Waals surface area contributed by atoms with Gasteiger partial charge in [0.05, 0.1) is 26.6 Å². The van der Waals surface area contributed by atoms with Gasteiger partial charge in [-0.15, -0.1) is 0 Å². The van der Waals surface area contributed by atoms with Crippen LogP contribution in [-0.2, 0) is 11.0 Å². The number of amides is 1. The number of nitrogens with zero attached hydrogens (tertiary/aromatic N) is 2. The Hall–Kier alpha value is -3.44. The van der Waals surface area contributed by atoms with E-state index in [0.29, 0.717) is 0 Å². The molecule has 2 aromatic carbocycles. The molecule has 1 saturated heterocycles. The number of halogens is 3. The zero-order valence-electron chi connectivity index (χ0n) is 15.8. The summed E-state index contributed by atoms with van der Waals surface area (Å²) in [6.07, 6.45) is -3.16. The van der Waals surface area contributed by atoms with Crippen LogP contribution in [0.15, 0.2) is 70.0 Å². The minimum atomic E-state index is -4.56. The Balaban J connectivity index is 1.63. The van der Waals surface area contributed by atoms with Crippen LogP contribution in [0.5, 0.6) is 0 Å². The summed E-state index contributed by atoms with van der Waals surface area (Å²) in [6.45, 7) is 0. The molecule has 1 fully saturated rings. The molecule has 0 aliphatic carbocycles. The van der Waals surface area contributed by atoms with Crippen LogP contribution in [0.3, 0.4) is 0 Å². The number of thioether (sulfide) groups is 1. The molecular formula is C21H11F3N2O4S2. The third-order valence-corrected chi connectivity index (χ3v) is 5.79. The second-order valence-corrected chi connectivity index (χ2v) is 8.22. The summed E-state index contributed by atoms with van der Waals surface area (Å²) in [5, 5.41) is 11.2. The van der Waals surface area contributed by atoms with Gasteiger partial charge >= 0.3 is 6.18 Å². The van der Waals surface area contributed by atoms with Crippen molar-refractivity contribution < 1.29 is 27.3 Å². The van der Waals surface area contributed by atoms with Crippen LogP contribution in [-0.4, -0.2) is 15.2 Å². The number of rotatable bonds is 4. The molecule has 32 heavy (non-hydrogen) atoms. The van der Waals surface area contributed by atoms with Gasteiger partial charge in [-0.2, -0.15) is 13.2 Å². The molecule has 0 atom stereocenters. The normalized spacial score (nSPS) is 15.6. The van der Waals surface area contributed by atoms with E-state index in [0.717, 1.165) is 28.8 Å². The molecule has 0 radical (unpaired) electrons. The van der Waals surface area contributed by atoms with Crippen molar-refractivity contribution in [3.05, 3.63) is 87.0 Å². The van der Waals surface area contributed by atoms with Crippen LogP contribution in [0, 0.1) is 10.1 Å². The van der Waals surface area contributed by atoms with Crippen molar-refractivity contribution >= 4 is 51.7 Å². The molecule has 0 bridgehead atoms. The van der Waals surface area contributed by atoms with E-state index in [9.17, 15) is 28.1 Å². The number of furan rings is 1. The number of nitro benzene ring substituents is 1. The van der Waals surface area contributed by atoms with Crippen molar-refractivity contribution in [2.24, 2.45) is 0 Å². The maximum Gasteiger partial charge on any atom is 0.416 e. The van der Waals surface area contributed by atoms with E-state index < -0.39 is 22.6 Å². The first-order valence-corrected chi connectivity index (χ1v) is 10.2. The molecule has 3 aromatic rings. The predicted octanol–water partition coefficient (Wildman–Crippen LogP) is 6.28. The lowest BCUT2D eigenvalue weighted by Crippen LogP contribution is -2.27. The van der Waals surface area contributed by atoms with Gasteiger partial charge in [0, 0.05) is 12.1 Å². The highest BCUT2D eigenvalue weighted by Gasteiger charge is 2.36. The number of anilines is 1. The van der Waals surface area contributed by atoms with E-state index in [1.165, 1.54) is 48.5 Å². The number of para-hydroxylation sites is 1. The highest BCUT2D eigenvalue weighted by atomic mass is 32.2. The quantitative estimate of drug-likeness (QED) is 0.191. The number of benzene rings is 2. The number of alkyl halides is 3. The zero-order valence-corrected chi connectivity index (χ0v) is 17.5. The fourth-order valence-corrected chi connectivity index (χ4v) is 4.34. The molecule has 6 nitrogen and oxygen atoms in total. The van der Waals surface area contributed by atoms with Crippen LogP contribution in [0.4, 0.5) is 24.5 Å². The highest BCUT2D eigenvalue weighted by molar-refractivity contribution is 8.27. The third kappa shape index (κ3) is 4.16. The van der Waals surface area contributed by atoms with Crippen LogP contribution < -0.4 is 4.90 Å². The highest BCUT2D eigenvalue weighted by Crippen LogP contribution is 2.39. The van der Waals surface area contributed by atoms with Gasteiger partial charge in [-0.1, -0.05) is 42.2 Å². The van der Waals surface area contributed by atoms with Gasteiger partial charge in [-0.3, -0.25) is 19.8 Å². The average molecular weight is 476 g/mol. The van der Waals surface area contributed by atoms with Crippen LogP contribution >= 0.6 is 24.0 Å². The Morgan fingerprint density at radius 3 is 2.56 bits per heavy atom. The molecule has 1 amide bonds. The van der Waals surface area contributed by atoms with Gasteiger partial charge in [0.25, 0.3) is 11.6 Å². The Morgan fingerprint density at radius 2 is 1.84 bits per heavy atom. The lowest BCUT2D eigenvalue weighted by molar-refractivity contribution is -0.384. The predicted molar refractivity (Wildman–Crippen MR) is 118 cm³/mol. The first-order valence-electron chi connectivity index (χ1n) is 8.94. The molecule has 0 unspecified atom stereocenters. The minimum absolute atomic E-state index is 0.00534. The molecular weight excluding hydrogens is 465 g/mol. The summed E-state index contributed by atoms with van der Waals surface area (Å²) in [5.41, 5.74) is -0.753. The minimum Gasteiger partial charge on any atom is -0.456 e. The van der Waals surface area contributed by atoms with Crippen molar-refractivity contribution in [1.29, 1.82) is 0 Å². The van der Waals surface area contributed by atoms with Gasteiger partial charge in [0.15, 0.2) is 4.32 Å². The maximum atomic E-state index is 13.0. The van der Waals surface area contributed by atoms with E-state index in [-0.39, 0.29) is 37.7 Å². The van der Waals surface area contributed by atoms with E-state index in [1.54, 1.807) is 6.07 Å². The molecule has 4 rings (SSSR count). The van der Waals surface area contributed by atoms with Crippen LogP contribution in [0.2, 0.25) is 0 Å². The largest absolute Gasteiger partial charge is 0.456 e. The number of carbonyl (C=O) groups excluding carboxylic acids is 1. The third-order valence-electron chi connectivity index (χ3n) is 4.49. The number of hydrogen-bond donors (Lipinski definition) is 0. The van der Waals surface area contributed by atoms with Crippen molar-refractivity contribution in [3.8, 4) is 11.3 Å². The van der Waals surface area contributed by atoms with Crippen molar-refractivity contribution in [3.63, 3.8) is 0 Å². The van der Waals surface area contributed by atoms with E-state index in [2.05, 4.69) is 0 Å². The topological polar surface area (TPSA) is 76.6 Å². The Kier molecular flexibility index (Phi) is 5.61. The summed E-state index contributed by atoms with van der Waals surface area (Å²) >= 11 is 6.11. The lowest BCUT2D eigenvalue weighted by Gasteiger charge is -2.16. The number of nitro groups is 1. The van der Waals surface area contributed by atoms with Crippen molar-refractivity contribution in [1.82, 2.24) is 0 Å². The van der Waals surface area contributed by atoms with Crippen LogP contribution in [0.1, 0.15) is 11.3 Å². The SMILES string of the molecule is O=C1/C(=C\c2ccc(-c3ccccc3[N+](=O)[O-])o2)SC(=S)N1c1cccc(C(F)(F)F)c1. The van der Waals surface area contributed by atoms with Gasteiger partial charge in [-0.25, -0.2) is 0 Å². The van der Waals surface area contributed by atoms with Crippen LogP contribution in [0.25, 0.3) is 17.4 Å². The molecule has 11 heteroatoms. The molecule has 162 valence electrons. The van der Waals surface area contributed by atoms with Gasteiger partial charge < -0.3 is 4.42 Å². The smallest absolute Gasteiger partial charge is 0.416 e. The van der Waals surface area contributed by atoms with Crippen molar-refractivity contribution in [2.75, 3.05) is 4.90 Å². The average Bonchev–Trinajstić information content (AvgIpc) is 3.32. The zero-order chi connectivity index (χ0) is 23.0. The van der Waals surface area contributed by atoms with Gasteiger partial charge in [-0.05, 0) is 36.4 Å². The number of hydrogen-bond acceptors (Lipinski definition) is 6.